The van der Waals surface area contributed by atoms with Crippen LogP contribution in [0.4, 0.5) is 0 Å². The van der Waals surface area contributed by atoms with Crippen LogP contribution in [0.2, 0.25) is 0 Å². The van der Waals surface area contributed by atoms with Crippen LogP contribution in [0.1, 0.15) is 6.92 Å². The molecule has 0 amide bonds. The van der Waals surface area contributed by atoms with Gasteiger partial charge in [0.2, 0.25) is 0 Å². The fourth-order valence-corrected chi connectivity index (χ4v) is 2.56. The summed E-state index contributed by atoms with van der Waals surface area (Å²) in [5.41, 5.74) is 0. The quantitative estimate of drug-likeness (QED) is 0.533. The summed E-state index contributed by atoms with van der Waals surface area (Å²) in [5.74, 6) is -0.0278. The Balaban J connectivity index is 2.55. The molecule has 0 N–H and O–H groups in total. The van der Waals surface area contributed by atoms with Crippen LogP contribution in [0.3, 0.4) is 0 Å². The zero-order valence-electron chi connectivity index (χ0n) is 11.9. The minimum atomic E-state index is -4.07. The zero-order chi connectivity index (χ0) is 15.9. The number of carbonyl (C=O) groups is 1. The Morgan fingerprint density at radius 3 is 2.38 bits per heavy atom. The van der Waals surface area contributed by atoms with Crippen molar-refractivity contribution in [3.8, 4) is 11.5 Å². The van der Waals surface area contributed by atoms with Gasteiger partial charge in [-0.05, 0) is 31.2 Å². The summed E-state index contributed by atoms with van der Waals surface area (Å²) in [6.45, 7) is -2.14. The van der Waals surface area contributed by atoms with Crippen molar-refractivity contribution in [1.82, 2.24) is 5.06 Å². The molecule has 0 saturated heterocycles. The number of hydrogen-bond donors (Lipinski definition) is 0. The van der Waals surface area contributed by atoms with Crippen molar-refractivity contribution in [3.05, 3.63) is 24.3 Å². The Morgan fingerprint density at radius 2 is 1.86 bits per heavy atom. The highest BCUT2D eigenvalue weighted by Gasteiger charge is 2.28. The molecule has 21 heavy (non-hydrogen) atoms. The summed E-state index contributed by atoms with van der Waals surface area (Å²) in [7, 11) is 3.05. The van der Waals surface area contributed by atoms with Gasteiger partial charge in [-0.15, -0.1) is 0 Å². The standard InChI is InChI=1S/C12H17ClNO6P/c1-4-18-14(2)9-12(15)20-21(13,16)19-11-7-5-10(17-3)6-8-11/h5-8H,4,9H2,1-3H3. The van der Waals surface area contributed by atoms with E-state index in [0.29, 0.717) is 12.4 Å². The van der Waals surface area contributed by atoms with Gasteiger partial charge in [0.25, 0.3) is 0 Å². The number of nitrogens with zero attached hydrogens (tertiary/aromatic N) is 1. The highest BCUT2D eigenvalue weighted by atomic mass is 35.7. The van der Waals surface area contributed by atoms with Gasteiger partial charge in [-0.3, -0.25) is 9.63 Å². The monoisotopic (exact) mass is 337 g/mol. The minimum Gasteiger partial charge on any atom is -0.497 e. The average Bonchev–Trinajstić information content (AvgIpc) is 2.38. The maximum atomic E-state index is 11.9. The third-order valence-electron chi connectivity index (χ3n) is 2.19. The van der Waals surface area contributed by atoms with Gasteiger partial charge in [-0.1, -0.05) is 0 Å². The molecule has 0 fully saturated rings. The number of carbonyl (C=O) groups excluding carboxylic acids is 1. The number of methoxy groups -OCH3 is 1. The van der Waals surface area contributed by atoms with Gasteiger partial charge in [-0.2, -0.15) is 5.06 Å². The van der Waals surface area contributed by atoms with Gasteiger partial charge in [-0.25, -0.2) is 4.57 Å². The molecule has 0 radical (unpaired) electrons. The van der Waals surface area contributed by atoms with Gasteiger partial charge >= 0.3 is 12.9 Å². The second kappa shape index (κ2) is 8.24. The lowest BCUT2D eigenvalue weighted by Gasteiger charge is -2.16. The van der Waals surface area contributed by atoms with Crippen molar-refractivity contribution < 1.29 is 28.0 Å². The molecule has 0 aliphatic heterocycles. The fraction of sp³-hybridized carbons (Fsp3) is 0.417. The predicted octanol–water partition coefficient (Wildman–Crippen LogP) is 2.85. The number of likely N-dealkylation sites (N-methyl/N-ethyl adjacent to an activating group) is 1. The molecule has 1 rings (SSSR count). The van der Waals surface area contributed by atoms with E-state index in [-0.39, 0.29) is 12.3 Å². The lowest BCUT2D eigenvalue weighted by Crippen LogP contribution is -2.27. The molecule has 0 aromatic heterocycles. The molecule has 0 aliphatic rings. The van der Waals surface area contributed by atoms with Crippen LogP contribution in [0, 0.1) is 0 Å². The van der Waals surface area contributed by atoms with E-state index in [1.807, 2.05) is 0 Å². The van der Waals surface area contributed by atoms with E-state index in [1.54, 1.807) is 19.1 Å². The van der Waals surface area contributed by atoms with Crippen LogP contribution in [0.15, 0.2) is 24.3 Å². The second-order valence-electron chi connectivity index (χ2n) is 3.86. The van der Waals surface area contributed by atoms with Crippen LogP contribution < -0.4 is 9.26 Å². The van der Waals surface area contributed by atoms with Crippen molar-refractivity contribution in [1.29, 1.82) is 0 Å². The first-order valence-corrected chi connectivity index (χ1v) is 8.51. The van der Waals surface area contributed by atoms with E-state index in [4.69, 9.17) is 25.3 Å². The number of benzene rings is 1. The summed E-state index contributed by atoms with van der Waals surface area (Å²) in [6, 6.07) is 6.18. The van der Waals surface area contributed by atoms with Crippen molar-refractivity contribution in [2.24, 2.45) is 0 Å². The third kappa shape index (κ3) is 6.82. The van der Waals surface area contributed by atoms with Crippen LogP contribution in [-0.2, 0) is 18.7 Å². The summed E-state index contributed by atoms with van der Waals surface area (Å²) in [5, 5.41) is 1.24. The lowest BCUT2D eigenvalue weighted by molar-refractivity contribution is -0.162. The molecule has 0 saturated carbocycles. The minimum absolute atomic E-state index is 0.195. The van der Waals surface area contributed by atoms with Crippen LogP contribution in [0.5, 0.6) is 11.5 Å². The Kier molecular flexibility index (Phi) is 6.98. The Hall–Kier alpha value is -1.27. The maximum absolute atomic E-state index is 11.9. The molecule has 1 unspecified atom stereocenters. The Labute approximate surface area is 128 Å². The molecule has 118 valence electrons. The Morgan fingerprint density at radius 1 is 1.29 bits per heavy atom. The number of hydrogen-bond acceptors (Lipinski definition) is 7. The van der Waals surface area contributed by atoms with Crippen molar-refractivity contribution >= 4 is 24.2 Å². The van der Waals surface area contributed by atoms with Gasteiger partial charge in [0, 0.05) is 18.3 Å². The molecule has 0 heterocycles. The molecular weight excluding hydrogens is 321 g/mol. The lowest BCUT2D eigenvalue weighted by atomic mass is 10.3. The number of hydroxylamine groups is 2. The number of rotatable bonds is 8. The van der Waals surface area contributed by atoms with Gasteiger partial charge < -0.3 is 13.8 Å². The van der Waals surface area contributed by atoms with Crippen LogP contribution in [-0.4, -0.2) is 38.3 Å². The van der Waals surface area contributed by atoms with E-state index >= 15 is 0 Å². The zero-order valence-corrected chi connectivity index (χ0v) is 13.6. The molecule has 0 bridgehead atoms. The second-order valence-corrected chi connectivity index (χ2v) is 6.33. The van der Waals surface area contributed by atoms with Crippen LogP contribution in [0.25, 0.3) is 0 Å². The average molecular weight is 338 g/mol. The molecular formula is C12H17ClNO6P. The predicted molar refractivity (Wildman–Crippen MR) is 77.4 cm³/mol. The summed E-state index contributed by atoms with van der Waals surface area (Å²) in [6.07, 6.45) is 0. The van der Waals surface area contributed by atoms with Gasteiger partial charge in [0.1, 0.15) is 18.0 Å². The maximum Gasteiger partial charge on any atom is 0.532 e. The first-order valence-electron chi connectivity index (χ1n) is 6.06. The van der Waals surface area contributed by atoms with Crippen molar-refractivity contribution in [2.45, 2.75) is 6.92 Å². The molecule has 9 heteroatoms. The molecule has 0 spiro atoms. The van der Waals surface area contributed by atoms with Gasteiger partial charge in [0.05, 0.1) is 13.7 Å². The summed E-state index contributed by atoms with van der Waals surface area (Å²) in [4.78, 5) is 16.5. The third-order valence-corrected chi connectivity index (χ3v) is 3.45. The smallest absolute Gasteiger partial charge is 0.497 e. The molecule has 1 aromatic rings. The molecule has 0 aliphatic carbocycles. The van der Waals surface area contributed by atoms with E-state index in [2.05, 4.69) is 4.52 Å². The van der Waals surface area contributed by atoms with E-state index in [0.717, 1.165) is 0 Å². The van der Waals surface area contributed by atoms with E-state index in [9.17, 15) is 9.36 Å². The number of halogens is 1. The molecule has 1 aromatic carbocycles. The van der Waals surface area contributed by atoms with E-state index < -0.39 is 12.9 Å². The SMILES string of the molecule is CCON(C)CC(=O)OP(=O)(Cl)Oc1ccc(OC)cc1. The van der Waals surface area contributed by atoms with Crippen molar-refractivity contribution in [2.75, 3.05) is 27.3 Å². The van der Waals surface area contributed by atoms with E-state index in [1.165, 1.54) is 31.4 Å². The summed E-state index contributed by atoms with van der Waals surface area (Å²) < 4.78 is 26.5. The number of ether oxygens (including phenoxy) is 1. The van der Waals surface area contributed by atoms with Crippen molar-refractivity contribution in [3.63, 3.8) is 0 Å². The van der Waals surface area contributed by atoms with Gasteiger partial charge in [0.15, 0.2) is 0 Å². The topological polar surface area (TPSA) is 74.3 Å². The highest BCUT2D eigenvalue weighted by molar-refractivity contribution is 7.82. The largest absolute Gasteiger partial charge is 0.532 e. The Bertz CT molecular complexity index is 509. The molecule has 7 nitrogen and oxygen atoms in total. The first kappa shape index (κ1) is 17.8. The first-order chi connectivity index (χ1) is 9.86. The highest BCUT2D eigenvalue weighted by Crippen LogP contribution is 2.53. The summed E-state index contributed by atoms with van der Waals surface area (Å²) >= 11 is 5.60. The normalized spacial score (nSPS) is 13.6. The molecule has 1 atom stereocenters. The fourth-order valence-electron chi connectivity index (χ4n) is 1.38. The van der Waals surface area contributed by atoms with Crippen LogP contribution >= 0.6 is 18.2 Å².